The molecule has 7 heteroatoms. The van der Waals surface area contributed by atoms with Crippen LogP contribution in [0, 0.1) is 0 Å². The summed E-state index contributed by atoms with van der Waals surface area (Å²) < 4.78 is 1.84. The summed E-state index contributed by atoms with van der Waals surface area (Å²) in [6.07, 6.45) is 2.64. The van der Waals surface area contributed by atoms with Gasteiger partial charge in [-0.2, -0.15) is 0 Å². The standard InChI is InChI=1S/C10H13N5O2/c11-9-8-10(13-3-12-9)15(4-14-8)5-1-6(16)7(17)2-5/h3-7,16-17H,1-2H2,(H2,11,12,13)/t6-,7-/m1/s1. The van der Waals surface area contributed by atoms with Crippen LogP contribution in [0.2, 0.25) is 0 Å². The van der Waals surface area contributed by atoms with Crippen LogP contribution in [-0.4, -0.2) is 41.9 Å². The number of anilines is 1. The number of aromatic nitrogens is 4. The number of nitrogens with zero attached hydrogens (tertiary/aromatic N) is 4. The van der Waals surface area contributed by atoms with E-state index in [1.165, 1.54) is 6.33 Å². The van der Waals surface area contributed by atoms with Crippen molar-refractivity contribution >= 4 is 17.0 Å². The highest BCUT2D eigenvalue weighted by atomic mass is 16.3. The Hall–Kier alpha value is -1.73. The fourth-order valence-electron chi connectivity index (χ4n) is 2.33. The van der Waals surface area contributed by atoms with E-state index in [1.807, 2.05) is 4.57 Å². The van der Waals surface area contributed by atoms with Crippen molar-refractivity contribution in [1.29, 1.82) is 0 Å². The molecule has 1 fully saturated rings. The molecular formula is C10H13N5O2. The maximum atomic E-state index is 9.55. The molecule has 0 saturated heterocycles. The summed E-state index contributed by atoms with van der Waals surface area (Å²) in [5, 5.41) is 19.1. The van der Waals surface area contributed by atoms with Crippen LogP contribution >= 0.6 is 0 Å². The second-order valence-corrected chi connectivity index (χ2v) is 4.34. The fraction of sp³-hybridized carbons (Fsp3) is 0.500. The highest BCUT2D eigenvalue weighted by molar-refractivity contribution is 5.81. The van der Waals surface area contributed by atoms with Crippen LogP contribution in [0.3, 0.4) is 0 Å². The van der Waals surface area contributed by atoms with Crippen LogP contribution < -0.4 is 5.73 Å². The number of hydrogen-bond donors (Lipinski definition) is 3. The Morgan fingerprint density at radius 1 is 1.18 bits per heavy atom. The van der Waals surface area contributed by atoms with Crippen LogP contribution in [0.25, 0.3) is 11.2 Å². The first kappa shape index (κ1) is 10.4. The molecule has 17 heavy (non-hydrogen) atoms. The van der Waals surface area contributed by atoms with E-state index in [-0.39, 0.29) is 6.04 Å². The molecule has 0 aliphatic heterocycles. The van der Waals surface area contributed by atoms with Crippen molar-refractivity contribution < 1.29 is 10.2 Å². The highest BCUT2D eigenvalue weighted by Crippen LogP contribution is 2.32. The van der Waals surface area contributed by atoms with Gasteiger partial charge in [0.05, 0.1) is 18.5 Å². The SMILES string of the molecule is Nc1ncnc2c1ncn2C1C[C@@H](O)[C@H](O)C1. The first-order valence-electron chi connectivity index (χ1n) is 5.46. The van der Waals surface area contributed by atoms with Gasteiger partial charge >= 0.3 is 0 Å². The molecule has 3 rings (SSSR count). The van der Waals surface area contributed by atoms with Crippen LogP contribution in [0.5, 0.6) is 0 Å². The summed E-state index contributed by atoms with van der Waals surface area (Å²) >= 11 is 0. The van der Waals surface area contributed by atoms with Crippen molar-refractivity contribution in [2.75, 3.05) is 5.73 Å². The highest BCUT2D eigenvalue weighted by Gasteiger charge is 2.33. The summed E-state index contributed by atoms with van der Waals surface area (Å²) in [7, 11) is 0. The number of hydrogen-bond acceptors (Lipinski definition) is 6. The number of aliphatic hydroxyl groups is 2. The Morgan fingerprint density at radius 3 is 2.59 bits per heavy atom. The van der Waals surface area contributed by atoms with Crippen molar-refractivity contribution in [3.05, 3.63) is 12.7 Å². The molecule has 0 unspecified atom stereocenters. The van der Waals surface area contributed by atoms with Gasteiger partial charge in [0.1, 0.15) is 11.8 Å². The van der Waals surface area contributed by atoms with E-state index in [0.717, 1.165) is 0 Å². The average Bonchev–Trinajstić information content (AvgIpc) is 2.85. The quantitative estimate of drug-likeness (QED) is 0.612. The minimum atomic E-state index is -0.684. The van der Waals surface area contributed by atoms with Gasteiger partial charge in [-0.1, -0.05) is 0 Å². The predicted molar refractivity (Wildman–Crippen MR) is 60.0 cm³/mol. The Bertz CT molecular complexity index is 545. The van der Waals surface area contributed by atoms with Crippen molar-refractivity contribution in [1.82, 2.24) is 19.5 Å². The van der Waals surface area contributed by atoms with Crippen molar-refractivity contribution in [3.63, 3.8) is 0 Å². The zero-order valence-electron chi connectivity index (χ0n) is 9.06. The lowest BCUT2D eigenvalue weighted by molar-refractivity contribution is 0.0438. The van der Waals surface area contributed by atoms with Gasteiger partial charge in [0.25, 0.3) is 0 Å². The fourth-order valence-corrected chi connectivity index (χ4v) is 2.33. The Balaban J connectivity index is 2.04. The third-order valence-electron chi connectivity index (χ3n) is 3.25. The molecule has 2 heterocycles. The molecule has 2 aromatic heterocycles. The largest absolute Gasteiger partial charge is 0.390 e. The number of nitrogens with two attached hydrogens (primary N) is 1. The van der Waals surface area contributed by atoms with Gasteiger partial charge in [-0.05, 0) is 12.8 Å². The smallest absolute Gasteiger partial charge is 0.165 e. The molecule has 2 atom stereocenters. The van der Waals surface area contributed by atoms with Gasteiger partial charge in [-0.25, -0.2) is 15.0 Å². The second-order valence-electron chi connectivity index (χ2n) is 4.34. The monoisotopic (exact) mass is 235 g/mol. The number of nitrogen functional groups attached to an aromatic ring is 1. The van der Waals surface area contributed by atoms with E-state index >= 15 is 0 Å². The maximum absolute atomic E-state index is 9.55. The normalized spacial score (nSPS) is 25.8. The molecule has 0 bridgehead atoms. The predicted octanol–water partition coefficient (Wildman–Crippen LogP) is -0.535. The molecule has 1 saturated carbocycles. The Kier molecular flexibility index (Phi) is 2.23. The Labute approximate surface area is 96.9 Å². The molecule has 0 spiro atoms. The zero-order chi connectivity index (χ0) is 12.0. The van der Waals surface area contributed by atoms with Crippen LogP contribution in [0.4, 0.5) is 5.82 Å². The van der Waals surface area contributed by atoms with Gasteiger partial charge in [-0.15, -0.1) is 0 Å². The molecule has 0 aromatic carbocycles. The molecular weight excluding hydrogens is 222 g/mol. The van der Waals surface area contributed by atoms with Crippen molar-refractivity contribution in [2.45, 2.75) is 31.1 Å². The summed E-state index contributed by atoms with van der Waals surface area (Å²) in [5.41, 5.74) is 6.90. The van der Waals surface area contributed by atoms with Gasteiger partial charge < -0.3 is 20.5 Å². The minimum absolute atomic E-state index is 0.000648. The molecule has 1 aliphatic carbocycles. The van der Waals surface area contributed by atoms with Gasteiger partial charge in [-0.3, -0.25) is 0 Å². The lowest BCUT2D eigenvalue weighted by Gasteiger charge is -2.11. The minimum Gasteiger partial charge on any atom is -0.390 e. The number of fused-ring (bicyclic) bond motifs is 1. The lowest BCUT2D eigenvalue weighted by Crippen LogP contribution is -2.17. The van der Waals surface area contributed by atoms with Crippen LogP contribution in [0.1, 0.15) is 18.9 Å². The molecule has 2 aromatic rings. The molecule has 0 radical (unpaired) electrons. The third-order valence-corrected chi connectivity index (χ3v) is 3.25. The summed E-state index contributed by atoms with van der Waals surface area (Å²) in [4.78, 5) is 12.2. The summed E-state index contributed by atoms with van der Waals surface area (Å²) in [6.45, 7) is 0. The van der Waals surface area contributed by atoms with E-state index in [1.54, 1.807) is 6.33 Å². The molecule has 90 valence electrons. The maximum Gasteiger partial charge on any atom is 0.165 e. The Morgan fingerprint density at radius 2 is 1.88 bits per heavy atom. The zero-order valence-corrected chi connectivity index (χ0v) is 9.06. The summed E-state index contributed by atoms with van der Waals surface area (Å²) in [5.74, 6) is 0.341. The molecule has 7 nitrogen and oxygen atoms in total. The second kappa shape index (κ2) is 3.64. The van der Waals surface area contributed by atoms with Gasteiger partial charge in [0, 0.05) is 6.04 Å². The van der Waals surface area contributed by atoms with Gasteiger partial charge in [0.2, 0.25) is 0 Å². The van der Waals surface area contributed by atoms with E-state index in [9.17, 15) is 10.2 Å². The number of aliphatic hydroxyl groups excluding tert-OH is 2. The van der Waals surface area contributed by atoms with E-state index in [2.05, 4.69) is 15.0 Å². The summed E-state index contributed by atoms with van der Waals surface area (Å²) in [6, 6.07) is -0.000648. The van der Waals surface area contributed by atoms with E-state index in [4.69, 9.17) is 5.73 Å². The lowest BCUT2D eigenvalue weighted by atomic mass is 10.2. The average molecular weight is 235 g/mol. The van der Waals surface area contributed by atoms with Gasteiger partial charge in [0.15, 0.2) is 11.5 Å². The topological polar surface area (TPSA) is 110 Å². The molecule has 0 amide bonds. The van der Waals surface area contributed by atoms with Crippen molar-refractivity contribution in [3.8, 4) is 0 Å². The van der Waals surface area contributed by atoms with E-state index < -0.39 is 12.2 Å². The first-order valence-corrected chi connectivity index (χ1v) is 5.46. The van der Waals surface area contributed by atoms with Crippen LogP contribution in [0.15, 0.2) is 12.7 Å². The molecule has 1 aliphatic rings. The van der Waals surface area contributed by atoms with Crippen molar-refractivity contribution in [2.24, 2.45) is 0 Å². The third kappa shape index (κ3) is 1.55. The van der Waals surface area contributed by atoms with E-state index in [0.29, 0.717) is 29.8 Å². The molecule has 4 N–H and O–H groups in total. The number of imidazole rings is 1. The van der Waals surface area contributed by atoms with Crippen LogP contribution in [-0.2, 0) is 0 Å². The number of rotatable bonds is 1. The first-order chi connectivity index (χ1) is 8.16.